The SMILES string of the molecule is CCCCCCCC1CC2=CC(=O)C(C(=O)O)=C(O)C2=CO1. The first kappa shape index (κ1) is 16.3. The van der Waals surface area contributed by atoms with E-state index in [1.54, 1.807) is 0 Å². The summed E-state index contributed by atoms with van der Waals surface area (Å²) in [7, 11) is 0. The van der Waals surface area contributed by atoms with Gasteiger partial charge in [-0.1, -0.05) is 32.6 Å². The molecule has 1 aliphatic heterocycles. The first-order valence-corrected chi connectivity index (χ1v) is 7.82. The maximum absolute atomic E-state index is 11.8. The fourth-order valence-corrected chi connectivity index (χ4v) is 2.82. The molecule has 0 spiro atoms. The van der Waals surface area contributed by atoms with Crippen molar-refractivity contribution >= 4 is 11.8 Å². The van der Waals surface area contributed by atoms with E-state index < -0.39 is 23.1 Å². The van der Waals surface area contributed by atoms with E-state index in [-0.39, 0.29) is 6.10 Å². The molecule has 0 aromatic rings. The first-order chi connectivity index (χ1) is 10.5. The summed E-state index contributed by atoms with van der Waals surface area (Å²) >= 11 is 0. The van der Waals surface area contributed by atoms with E-state index in [0.717, 1.165) is 19.3 Å². The van der Waals surface area contributed by atoms with Crippen molar-refractivity contribution in [2.24, 2.45) is 0 Å². The summed E-state index contributed by atoms with van der Waals surface area (Å²) < 4.78 is 5.59. The van der Waals surface area contributed by atoms with Crippen LogP contribution in [0.5, 0.6) is 0 Å². The molecule has 22 heavy (non-hydrogen) atoms. The van der Waals surface area contributed by atoms with E-state index in [4.69, 9.17) is 9.84 Å². The predicted molar refractivity (Wildman–Crippen MR) is 81.3 cm³/mol. The van der Waals surface area contributed by atoms with Crippen molar-refractivity contribution < 1.29 is 24.5 Å². The third-order valence-electron chi connectivity index (χ3n) is 4.06. The molecule has 1 unspecified atom stereocenters. The standard InChI is InChI=1S/C17H22O5/c1-2-3-4-5-6-7-12-8-11-9-14(18)15(17(20)21)16(19)13(11)10-22-12/h9-10,12,19H,2-8H2,1H3,(H,20,21). The highest BCUT2D eigenvalue weighted by Gasteiger charge is 2.33. The molecular formula is C17H22O5. The number of aliphatic carboxylic acids is 1. The maximum Gasteiger partial charge on any atom is 0.343 e. The van der Waals surface area contributed by atoms with E-state index >= 15 is 0 Å². The molecule has 2 N–H and O–H groups in total. The highest BCUT2D eigenvalue weighted by molar-refractivity contribution is 6.23. The van der Waals surface area contributed by atoms with Gasteiger partial charge in [-0.3, -0.25) is 4.79 Å². The number of hydrogen-bond donors (Lipinski definition) is 2. The maximum atomic E-state index is 11.8. The van der Waals surface area contributed by atoms with E-state index in [9.17, 15) is 14.7 Å². The normalized spacial score (nSPS) is 21.0. The zero-order valence-corrected chi connectivity index (χ0v) is 12.8. The first-order valence-electron chi connectivity index (χ1n) is 7.82. The minimum atomic E-state index is -1.42. The van der Waals surface area contributed by atoms with Crippen LogP contribution in [0.25, 0.3) is 0 Å². The fourth-order valence-electron chi connectivity index (χ4n) is 2.82. The van der Waals surface area contributed by atoms with Crippen molar-refractivity contribution in [3.63, 3.8) is 0 Å². The molecule has 5 nitrogen and oxygen atoms in total. The van der Waals surface area contributed by atoms with Gasteiger partial charge in [-0.25, -0.2) is 4.79 Å². The molecule has 0 aromatic heterocycles. The number of aliphatic hydroxyl groups excluding tert-OH is 1. The summed E-state index contributed by atoms with van der Waals surface area (Å²) in [6.45, 7) is 2.18. The highest BCUT2D eigenvalue weighted by atomic mass is 16.5. The lowest BCUT2D eigenvalue weighted by molar-refractivity contribution is -0.134. The zero-order chi connectivity index (χ0) is 16.1. The molecule has 0 fully saturated rings. The van der Waals surface area contributed by atoms with Gasteiger partial charge in [0.1, 0.15) is 17.4 Å². The quantitative estimate of drug-likeness (QED) is 0.556. The van der Waals surface area contributed by atoms with Crippen molar-refractivity contribution in [3.05, 3.63) is 34.8 Å². The molecule has 0 amide bonds. The summed E-state index contributed by atoms with van der Waals surface area (Å²) in [5.41, 5.74) is 0.396. The number of carbonyl (C=O) groups is 2. The number of unbranched alkanes of at least 4 members (excludes halogenated alkanes) is 4. The summed E-state index contributed by atoms with van der Waals surface area (Å²) in [6.07, 6.45) is 10.0. The Morgan fingerprint density at radius 3 is 2.73 bits per heavy atom. The number of fused-ring (bicyclic) bond motifs is 1. The van der Waals surface area contributed by atoms with Crippen molar-refractivity contribution in [2.75, 3.05) is 0 Å². The van der Waals surface area contributed by atoms with Crippen LogP contribution in [0.1, 0.15) is 51.9 Å². The fraction of sp³-hybridized carbons (Fsp3) is 0.529. The van der Waals surface area contributed by atoms with Crippen LogP contribution in [0.3, 0.4) is 0 Å². The Labute approximate surface area is 130 Å². The molecular weight excluding hydrogens is 284 g/mol. The van der Waals surface area contributed by atoms with Gasteiger partial charge < -0.3 is 14.9 Å². The van der Waals surface area contributed by atoms with Crippen LogP contribution in [-0.2, 0) is 14.3 Å². The smallest absolute Gasteiger partial charge is 0.343 e. The van der Waals surface area contributed by atoms with E-state index in [1.807, 2.05) is 0 Å². The Hall–Kier alpha value is -2.04. The Kier molecular flexibility index (Phi) is 5.41. The van der Waals surface area contributed by atoms with Gasteiger partial charge in [0.25, 0.3) is 0 Å². The number of allylic oxidation sites excluding steroid dienone is 2. The number of ether oxygens (including phenoxy) is 1. The molecule has 0 saturated carbocycles. The lowest BCUT2D eigenvalue weighted by atomic mass is 9.87. The number of carbonyl (C=O) groups excluding carboxylic acids is 1. The van der Waals surface area contributed by atoms with E-state index in [1.165, 1.54) is 31.6 Å². The number of aliphatic hydroxyl groups is 1. The van der Waals surface area contributed by atoms with Crippen LogP contribution in [0, 0.1) is 0 Å². The van der Waals surface area contributed by atoms with Gasteiger partial charge >= 0.3 is 5.97 Å². The molecule has 0 saturated heterocycles. The Balaban J connectivity index is 1.99. The lowest BCUT2D eigenvalue weighted by Crippen LogP contribution is -2.24. The van der Waals surface area contributed by atoms with Gasteiger partial charge in [-0.2, -0.15) is 0 Å². The van der Waals surface area contributed by atoms with Gasteiger partial charge in [0.15, 0.2) is 5.78 Å². The number of ketones is 1. The van der Waals surface area contributed by atoms with E-state index in [0.29, 0.717) is 17.6 Å². The molecule has 2 rings (SSSR count). The molecule has 5 heteroatoms. The monoisotopic (exact) mass is 306 g/mol. The predicted octanol–water partition coefficient (Wildman–Crippen LogP) is 3.43. The van der Waals surface area contributed by atoms with Gasteiger partial charge in [0.05, 0.1) is 11.8 Å². The summed E-state index contributed by atoms with van der Waals surface area (Å²) in [5.74, 6) is -2.56. The average molecular weight is 306 g/mol. The minimum Gasteiger partial charge on any atom is -0.506 e. The van der Waals surface area contributed by atoms with Crippen molar-refractivity contribution in [1.82, 2.24) is 0 Å². The second kappa shape index (κ2) is 7.29. The molecule has 0 bridgehead atoms. The van der Waals surface area contributed by atoms with Gasteiger partial charge in [0.2, 0.25) is 0 Å². The van der Waals surface area contributed by atoms with Crippen LogP contribution in [0.2, 0.25) is 0 Å². The van der Waals surface area contributed by atoms with Crippen LogP contribution < -0.4 is 0 Å². The molecule has 2 aliphatic rings. The number of carboxylic acids is 1. The minimum absolute atomic E-state index is 0.0106. The van der Waals surface area contributed by atoms with Crippen LogP contribution in [0.15, 0.2) is 34.8 Å². The lowest BCUT2D eigenvalue weighted by Gasteiger charge is -2.27. The Bertz CT molecular complexity index is 553. The van der Waals surface area contributed by atoms with Crippen molar-refractivity contribution in [3.8, 4) is 0 Å². The Morgan fingerprint density at radius 2 is 2.05 bits per heavy atom. The average Bonchev–Trinajstić information content (AvgIpc) is 2.46. The molecule has 120 valence electrons. The third-order valence-corrected chi connectivity index (χ3v) is 4.06. The largest absolute Gasteiger partial charge is 0.506 e. The summed E-state index contributed by atoms with van der Waals surface area (Å²) in [4.78, 5) is 22.8. The van der Waals surface area contributed by atoms with Gasteiger partial charge in [-0.15, -0.1) is 0 Å². The summed E-state index contributed by atoms with van der Waals surface area (Å²) in [6, 6.07) is 0. The molecule has 1 heterocycles. The van der Waals surface area contributed by atoms with E-state index in [2.05, 4.69) is 6.92 Å². The molecule has 1 atom stereocenters. The zero-order valence-electron chi connectivity index (χ0n) is 12.8. The second-order valence-electron chi connectivity index (χ2n) is 5.76. The van der Waals surface area contributed by atoms with Crippen molar-refractivity contribution in [2.45, 2.75) is 58.0 Å². The third kappa shape index (κ3) is 3.59. The highest BCUT2D eigenvalue weighted by Crippen LogP contribution is 2.34. The molecule has 0 aromatic carbocycles. The summed E-state index contributed by atoms with van der Waals surface area (Å²) in [5, 5.41) is 18.9. The van der Waals surface area contributed by atoms with Crippen LogP contribution >= 0.6 is 0 Å². The van der Waals surface area contributed by atoms with Crippen molar-refractivity contribution in [1.29, 1.82) is 0 Å². The van der Waals surface area contributed by atoms with Crippen LogP contribution in [-0.4, -0.2) is 28.1 Å². The topological polar surface area (TPSA) is 83.8 Å². The molecule has 1 aliphatic carbocycles. The number of rotatable bonds is 7. The number of carboxylic acid groups (broad SMARTS) is 1. The second-order valence-corrected chi connectivity index (χ2v) is 5.76. The van der Waals surface area contributed by atoms with Gasteiger partial charge in [-0.05, 0) is 24.5 Å². The number of hydrogen-bond acceptors (Lipinski definition) is 4. The molecule has 0 radical (unpaired) electrons. The van der Waals surface area contributed by atoms with Gasteiger partial charge in [0, 0.05) is 6.42 Å². The Morgan fingerprint density at radius 1 is 1.32 bits per heavy atom. The van der Waals surface area contributed by atoms with Crippen LogP contribution in [0.4, 0.5) is 0 Å².